The molecule has 5 nitrogen and oxygen atoms in total. The average molecular weight is 383 g/mol. The Labute approximate surface area is 132 Å². The van der Waals surface area contributed by atoms with Crippen LogP contribution in [0.5, 0.6) is 0 Å². The van der Waals surface area contributed by atoms with Crippen LogP contribution in [0.25, 0.3) is 11.4 Å². The maximum atomic E-state index is 4.78. The molecule has 0 aliphatic heterocycles. The van der Waals surface area contributed by atoms with Crippen LogP contribution in [0.2, 0.25) is 0 Å². The first-order chi connectivity index (χ1) is 9.72. The highest BCUT2D eigenvalue weighted by atomic mass is 127. The zero-order valence-corrected chi connectivity index (χ0v) is 13.9. The van der Waals surface area contributed by atoms with Gasteiger partial charge in [0, 0.05) is 25.2 Å². The molecule has 106 valence electrons. The van der Waals surface area contributed by atoms with E-state index in [1.165, 1.54) is 22.1 Å². The Morgan fingerprint density at radius 2 is 2.15 bits per heavy atom. The number of nitrogens with zero attached hydrogens (tertiary/aromatic N) is 4. The van der Waals surface area contributed by atoms with Crippen molar-refractivity contribution in [2.24, 2.45) is 0 Å². The summed E-state index contributed by atoms with van der Waals surface area (Å²) < 4.78 is 3.07. The van der Waals surface area contributed by atoms with E-state index in [1.54, 1.807) is 0 Å². The number of aryl methyl sites for hydroxylation is 1. The minimum atomic E-state index is 0.613. The number of hydrogen-bond acceptors (Lipinski definition) is 4. The van der Waals surface area contributed by atoms with Crippen LogP contribution in [0.3, 0.4) is 0 Å². The van der Waals surface area contributed by atoms with Crippen LogP contribution in [-0.4, -0.2) is 26.3 Å². The molecule has 0 unspecified atom stereocenters. The summed E-state index contributed by atoms with van der Waals surface area (Å²) in [5.74, 6) is 2.34. The van der Waals surface area contributed by atoms with Crippen molar-refractivity contribution in [2.75, 3.05) is 11.9 Å². The Balaban J connectivity index is 2.05. The lowest BCUT2D eigenvalue weighted by Crippen LogP contribution is -2.07. The minimum absolute atomic E-state index is 0.613. The Kier molecular flexibility index (Phi) is 3.91. The molecular weight excluding hydrogens is 365 g/mol. The fraction of sp³-hybridized carbons (Fsp3) is 0.500. The first-order valence-corrected chi connectivity index (χ1v) is 8.15. The van der Waals surface area contributed by atoms with Crippen molar-refractivity contribution in [3.8, 4) is 11.4 Å². The molecule has 2 aromatic rings. The van der Waals surface area contributed by atoms with Gasteiger partial charge in [-0.2, -0.15) is 5.10 Å². The van der Waals surface area contributed by atoms with E-state index in [9.17, 15) is 0 Å². The molecule has 1 saturated carbocycles. The number of nitrogens with one attached hydrogen (secondary N) is 1. The van der Waals surface area contributed by atoms with E-state index in [-0.39, 0.29) is 0 Å². The molecule has 2 heterocycles. The molecule has 0 radical (unpaired) electrons. The first-order valence-electron chi connectivity index (χ1n) is 7.07. The summed E-state index contributed by atoms with van der Waals surface area (Å²) in [6.07, 6.45) is 6.34. The number of halogens is 1. The molecule has 1 N–H and O–H groups in total. The first kappa shape index (κ1) is 13.8. The lowest BCUT2D eigenvalue weighted by atomic mass is 10.2. The molecule has 1 aliphatic rings. The minimum Gasteiger partial charge on any atom is -0.369 e. The molecule has 1 aliphatic carbocycles. The summed E-state index contributed by atoms with van der Waals surface area (Å²) in [6, 6.07) is 0. The predicted molar refractivity (Wildman–Crippen MR) is 87.8 cm³/mol. The second-order valence-corrected chi connectivity index (χ2v) is 6.06. The SMILES string of the molecule is CCNc1nc(-c2cnn(CC)c2)nc(C2CC2)c1I. The van der Waals surface area contributed by atoms with Gasteiger partial charge >= 0.3 is 0 Å². The number of hydrogen-bond donors (Lipinski definition) is 1. The second kappa shape index (κ2) is 5.67. The fourth-order valence-electron chi connectivity index (χ4n) is 2.16. The second-order valence-electron chi connectivity index (χ2n) is 4.98. The van der Waals surface area contributed by atoms with E-state index in [0.717, 1.165) is 30.3 Å². The summed E-state index contributed by atoms with van der Waals surface area (Å²) in [5, 5.41) is 7.66. The molecule has 20 heavy (non-hydrogen) atoms. The van der Waals surface area contributed by atoms with E-state index in [0.29, 0.717) is 5.92 Å². The maximum Gasteiger partial charge on any atom is 0.165 e. The van der Waals surface area contributed by atoms with E-state index < -0.39 is 0 Å². The van der Waals surface area contributed by atoms with Gasteiger partial charge in [-0.1, -0.05) is 0 Å². The van der Waals surface area contributed by atoms with Crippen molar-refractivity contribution >= 4 is 28.4 Å². The Bertz CT molecular complexity index is 618. The Morgan fingerprint density at radius 1 is 1.35 bits per heavy atom. The molecule has 2 aromatic heterocycles. The zero-order chi connectivity index (χ0) is 14.1. The molecule has 0 aromatic carbocycles. The van der Waals surface area contributed by atoms with Crippen LogP contribution in [-0.2, 0) is 6.54 Å². The van der Waals surface area contributed by atoms with E-state index >= 15 is 0 Å². The van der Waals surface area contributed by atoms with Crippen molar-refractivity contribution in [2.45, 2.75) is 39.2 Å². The van der Waals surface area contributed by atoms with Crippen molar-refractivity contribution in [3.05, 3.63) is 21.7 Å². The molecule has 0 saturated heterocycles. The third kappa shape index (κ3) is 2.65. The Hall–Kier alpha value is -1.18. The highest BCUT2D eigenvalue weighted by Gasteiger charge is 2.29. The van der Waals surface area contributed by atoms with Crippen LogP contribution in [0.15, 0.2) is 12.4 Å². The van der Waals surface area contributed by atoms with Gasteiger partial charge in [-0.3, -0.25) is 4.68 Å². The van der Waals surface area contributed by atoms with Gasteiger partial charge in [-0.25, -0.2) is 9.97 Å². The molecule has 6 heteroatoms. The fourth-order valence-corrected chi connectivity index (χ4v) is 3.03. The highest BCUT2D eigenvalue weighted by molar-refractivity contribution is 14.1. The topological polar surface area (TPSA) is 55.6 Å². The molecular formula is C14H18IN5. The standard InChI is InChI=1S/C14H18IN5/c1-3-16-14-11(15)12(9-5-6-9)18-13(19-14)10-7-17-20(4-2)8-10/h7-9H,3-6H2,1-2H3,(H,16,18,19). The third-order valence-corrected chi connectivity index (χ3v) is 4.46. The normalized spacial score (nSPS) is 14.6. The van der Waals surface area contributed by atoms with E-state index in [2.05, 4.69) is 51.8 Å². The monoisotopic (exact) mass is 383 g/mol. The van der Waals surface area contributed by atoms with Crippen molar-refractivity contribution < 1.29 is 0 Å². The van der Waals surface area contributed by atoms with E-state index in [1.807, 2.05) is 17.1 Å². The zero-order valence-electron chi connectivity index (χ0n) is 11.7. The van der Waals surface area contributed by atoms with Crippen LogP contribution in [0.1, 0.15) is 38.3 Å². The summed E-state index contributed by atoms with van der Waals surface area (Å²) in [4.78, 5) is 9.45. The lowest BCUT2D eigenvalue weighted by molar-refractivity contribution is 0.660. The molecule has 0 bridgehead atoms. The molecule has 0 atom stereocenters. The lowest BCUT2D eigenvalue weighted by Gasteiger charge is -2.11. The number of aromatic nitrogens is 4. The van der Waals surface area contributed by atoms with Gasteiger partial charge in [-0.15, -0.1) is 0 Å². The molecule has 1 fully saturated rings. The van der Waals surface area contributed by atoms with Gasteiger partial charge in [-0.05, 0) is 49.3 Å². The maximum absolute atomic E-state index is 4.78. The largest absolute Gasteiger partial charge is 0.369 e. The van der Waals surface area contributed by atoms with Gasteiger partial charge in [0.2, 0.25) is 0 Å². The number of rotatable bonds is 5. The van der Waals surface area contributed by atoms with Gasteiger partial charge in [0.25, 0.3) is 0 Å². The van der Waals surface area contributed by atoms with Gasteiger partial charge in [0.15, 0.2) is 5.82 Å². The highest BCUT2D eigenvalue weighted by Crippen LogP contribution is 2.42. The van der Waals surface area contributed by atoms with Gasteiger partial charge in [0.1, 0.15) is 5.82 Å². The van der Waals surface area contributed by atoms with Crippen molar-refractivity contribution in [3.63, 3.8) is 0 Å². The average Bonchev–Trinajstić information content (AvgIpc) is 3.18. The Morgan fingerprint density at radius 3 is 2.75 bits per heavy atom. The summed E-state index contributed by atoms with van der Waals surface area (Å²) in [6.45, 7) is 5.89. The summed E-state index contributed by atoms with van der Waals surface area (Å²) in [7, 11) is 0. The quantitative estimate of drug-likeness (QED) is 0.806. The van der Waals surface area contributed by atoms with Crippen molar-refractivity contribution in [1.82, 2.24) is 19.7 Å². The molecule has 0 spiro atoms. The number of anilines is 1. The van der Waals surface area contributed by atoms with Crippen molar-refractivity contribution in [1.29, 1.82) is 0 Å². The predicted octanol–water partition coefficient (Wildman–Crippen LogP) is 3.27. The summed E-state index contributed by atoms with van der Waals surface area (Å²) in [5.41, 5.74) is 2.18. The van der Waals surface area contributed by atoms with Crippen LogP contribution in [0.4, 0.5) is 5.82 Å². The summed E-state index contributed by atoms with van der Waals surface area (Å²) >= 11 is 2.36. The molecule has 0 amide bonds. The van der Waals surface area contributed by atoms with Gasteiger partial charge < -0.3 is 5.32 Å². The van der Waals surface area contributed by atoms with Gasteiger partial charge in [0.05, 0.1) is 21.0 Å². The van der Waals surface area contributed by atoms with E-state index in [4.69, 9.17) is 4.98 Å². The van der Waals surface area contributed by atoms with Crippen LogP contribution >= 0.6 is 22.6 Å². The van der Waals surface area contributed by atoms with Crippen LogP contribution in [0, 0.1) is 3.57 Å². The smallest absolute Gasteiger partial charge is 0.165 e. The third-order valence-electron chi connectivity index (χ3n) is 3.40. The van der Waals surface area contributed by atoms with Crippen LogP contribution < -0.4 is 5.32 Å². The molecule has 3 rings (SSSR count).